The topological polar surface area (TPSA) is 23.5 Å². The fourth-order valence-electron chi connectivity index (χ4n) is 5.14. The molecule has 1 aliphatic carbocycles. The highest BCUT2D eigenvalue weighted by molar-refractivity contribution is 5.44. The van der Waals surface area contributed by atoms with E-state index in [-0.39, 0.29) is 0 Å². The summed E-state index contributed by atoms with van der Waals surface area (Å²) in [6.07, 6.45) is 7.46. The van der Waals surface area contributed by atoms with Crippen molar-refractivity contribution in [1.29, 1.82) is 0 Å². The number of phenols is 1. The van der Waals surface area contributed by atoms with Gasteiger partial charge >= 0.3 is 0 Å². The van der Waals surface area contributed by atoms with Crippen LogP contribution in [-0.2, 0) is 11.8 Å². The highest BCUT2D eigenvalue weighted by Crippen LogP contribution is 2.53. The maximum absolute atomic E-state index is 10.0. The zero-order valence-electron chi connectivity index (χ0n) is 13.7. The van der Waals surface area contributed by atoms with Gasteiger partial charge in [0.25, 0.3) is 0 Å². The lowest BCUT2D eigenvalue weighted by Gasteiger charge is -2.56. The van der Waals surface area contributed by atoms with Gasteiger partial charge in [-0.25, -0.2) is 0 Å². The lowest BCUT2D eigenvalue weighted by Crippen LogP contribution is -2.58. The van der Waals surface area contributed by atoms with Crippen molar-refractivity contribution in [3.8, 4) is 5.75 Å². The molecule has 0 amide bonds. The quantitative estimate of drug-likeness (QED) is 0.901. The third kappa shape index (κ3) is 2.28. The zero-order chi connectivity index (χ0) is 15.0. The molecule has 1 saturated heterocycles. The molecule has 2 aliphatic rings. The molecule has 1 heterocycles. The lowest BCUT2D eigenvalue weighted by molar-refractivity contribution is 0.0197. The van der Waals surface area contributed by atoms with Gasteiger partial charge in [-0.2, -0.15) is 0 Å². The van der Waals surface area contributed by atoms with Crippen LogP contribution in [0, 0.1) is 5.92 Å². The van der Waals surface area contributed by atoms with Crippen LogP contribution in [0.5, 0.6) is 5.75 Å². The maximum Gasteiger partial charge on any atom is 0.115 e. The molecule has 1 aliphatic heterocycles. The highest BCUT2D eigenvalue weighted by Gasteiger charge is 2.51. The van der Waals surface area contributed by atoms with Gasteiger partial charge in [0.1, 0.15) is 5.75 Å². The molecule has 1 aromatic rings. The predicted octanol–water partition coefficient (Wildman–Crippen LogP) is 4.11. The highest BCUT2D eigenvalue weighted by atomic mass is 16.3. The maximum atomic E-state index is 10.0. The van der Waals surface area contributed by atoms with Crippen molar-refractivity contribution in [3.63, 3.8) is 0 Å². The third-order valence-corrected chi connectivity index (χ3v) is 6.01. The number of piperidine rings is 1. The second-order valence-corrected chi connectivity index (χ2v) is 7.14. The molecule has 0 radical (unpaired) electrons. The van der Waals surface area contributed by atoms with E-state index in [1.165, 1.54) is 49.8 Å². The van der Waals surface area contributed by atoms with Crippen LogP contribution in [0.1, 0.15) is 57.1 Å². The normalized spacial score (nSPS) is 32.0. The van der Waals surface area contributed by atoms with Gasteiger partial charge in [0.2, 0.25) is 0 Å². The number of hydrogen-bond acceptors (Lipinski definition) is 2. The van der Waals surface area contributed by atoms with E-state index in [0.717, 1.165) is 12.3 Å². The van der Waals surface area contributed by atoms with Gasteiger partial charge < -0.3 is 10.0 Å². The van der Waals surface area contributed by atoms with E-state index < -0.39 is 0 Å². The number of likely N-dealkylation sites (N-methyl/N-ethyl adjacent to an activating group) is 1. The molecule has 2 heteroatoms. The van der Waals surface area contributed by atoms with Crippen LogP contribution in [0.4, 0.5) is 0 Å². The van der Waals surface area contributed by atoms with Crippen LogP contribution >= 0.6 is 0 Å². The van der Waals surface area contributed by atoms with Crippen LogP contribution in [0.3, 0.4) is 0 Å². The Kier molecular flexibility index (Phi) is 4.00. The zero-order valence-corrected chi connectivity index (χ0v) is 13.7. The predicted molar refractivity (Wildman–Crippen MR) is 87.8 cm³/mol. The summed E-state index contributed by atoms with van der Waals surface area (Å²) in [6, 6.07) is 6.80. The molecule has 116 valence electrons. The number of fused-ring (bicyclic) bond motifs is 4. The monoisotopic (exact) mass is 287 g/mol. The van der Waals surface area contributed by atoms with Gasteiger partial charge in [0.05, 0.1) is 0 Å². The molecule has 3 rings (SSSR count). The molecule has 2 bridgehead atoms. The summed E-state index contributed by atoms with van der Waals surface area (Å²) in [5.74, 6) is 1.19. The molecule has 2 nitrogen and oxygen atoms in total. The summed E-state index contributed by atoms with van der Waals surface area (Å²) in [5.41, 5.74) is 3.24. The van der Waals surface area contributed by atoms with Crippen molar-refractivity contribution in [2.45, 2.75) is 63.8 Å². The van der Waals surface area contributed by atoms with Crippen LogP contribution in [-0.4, -0.2) is 29.6 Å². The fraction of sp³-hybridized carbons (Fsp3) is 0.684. The van der Waals surface area contributed by atoms with Gasteiger partial charge in [-0.3, -0.25) is 0 Å². The molecule has 1 N–H and O–H groups in total. The van der Waals surface area contributed by atoms with E-state index in [2.05, 4.69) is 37.9 Å². The standard InChI is InChI=1S/C19H29NO/c1-4-6-16-18-12-14-7-8-15(21)13-17(14)19(16,9-5-2)10-11-20(18)3/h7-8,13,16,18,21H,4-6,9-12H2,1-3H3/t16-,18?,19+/m0/s1. The molecule has 3 atom stereocenters. The van der Waals surface area contributed by atoms with Crippen molar-refractivity contribution in [2.24, 2.45) is 5.92 Å². The van der Waals surface area contributed by atoms with Crippen LogP contribution in [0.25, 0.3) is 0 Å². The minimum absolute atomic E-state index is 0.300. The summed E-state index contributed by atoms with van der Waals surface area (Å²) in [5, 5.41) is 10.0. The number of hydrogen-bond donors (Lipinski definition) is 1. The Hall–Kier alpha value is -1.02. The number of benzene rings is 1. The number of likely N-dealkylation sites (tertiary alicyclic amines) is 1. The Morgan fingerprint density at radius 2 is 2.10 bits per heavy atom. The third-order valence-electron chi connectivity index (χ3n) is 6.01. The molecular formula is C19H29NO. The largest absolute Gasteiger partial charge is 0.508 e. The minimum Gasteiger partial charge on any atom is -0.508 e. The number of rotatable bonds is 4. The number of aromatic hydroxyl groups is 1. The van der Waals surface area contributed by atoms with Crippen molar-refractivity contribution in [3.05, 3.63) is 29.3 Å². The number of nitrogens with zero attached hydrogens (tertiary/aromatic N) is 1. The van der Waals surface area contributed by atoms with Crippen LogP contribution in [0.15, 0.2) is 18.2 Å². The Labute approximate surface area is 129 Å². The lowest BCUT2D eigenvalue weighted by atomic mass is 9.54. The molecule has 21 heavy (non-hydrogen) atoms. The van der Waals surface area contributed by atoms with Gasteiger partial charge in [-0.15, -0.1) is 0 Å². The fourth-order valence-corrected chi connectivity index (χ4v) is 5.14. The summed E-state index contributed by atoms with van der Waals surface area (Å²) in [4.78, 5) is 2.59. The summed E-state index contributed by atoms with van der Waals surface area (Å²) in [7, 11) is 2.30. The average Bonchev–Trinajstić information content (AvgIpc) is 2.46. The summed E-state index contributed by atoms with van der Waals surface area (Å²) < 4.78 is 0. The van der Waals surface area contributed by atoms with E-state index in [9.17, 15) is 5.11 Å². The summed E-state index contributed by atoms with van der Waals surface area (Å²) in [6.45, 7) is 5.81. The molecule has 1 fully saturated rings. The summed E-state index contributed by atoms with van der Waals surface area (Å²) >= 11 is 0. The smallest absolute Gasteiger partial charge is 0.115 e. The minimum atomic E-state index is 0.300. The Morgan fingerprint density at radius 3 is 2.81 bits per heavy atom. The van der Waals surface area contributed by atoms with Crippen molar-refractivity contribution < 1.29 is 5.11 Å². The Bertz CT molecular complexity index is 512. The van der Waals surface area contributed by atoms with Crippen LogP contribution < -0.4 is 0 Å². The Morgan fingerprint density at radius 1 is 1.29 bits per heavy atom. The van der Waals surface area contributed by atoms with Gasteiger partial charge in [0.15, 0.2) is 0 Å². The van der Waals surface area contributed by atoms with Gasteiger partial charge in [-0.05, 0) is 68.5 Å². The van der Waals surface area contributed by atoms with Crippen molar-refractivity contribution in [1.82, 2.24) is 4.90 Å². The van der Waals surface area contributed by atoms with E-state index in [0.29, 0.717) is 17.2 Å². The first kappa shape index (κ1) is 14.9. The first-order valence-corrected chi connectivity index (χ1v) is 8.65. The van der Waals surface area contributed by atoms with Crippen molar-refractivity contribution in [2.75, 3.05) is 13.6 Å². The molecule has 0 saturated carbocycles. The number of phenolic OH excluding ortho intramolecular Hbond substituents is 1. The van der Waals surface area contributed by atoms with Crippen LogP contribution in [0.2, 0.25) is 0 Å². The molecule has 0 spiro atoms. The molecule has 1 unspecified atom stereocenters. The molecule has 0 aromatic heterocycles. The van der Waals surface area contributed by atoms with Crippen molar-refractivity contribution >= 4 is 0 Å². The van der Waals surface area contributed by atoms with Gasteiger partial charge in [0, 0.05) is 11.5 Å². The second kappa shape index (κ2) is 5.64. The van der Waals surface area contributed by atoms with E-state index in [4.69, 9.17) is 0 Å². The van der Waals surface area contributed by atoms with E-state index in [1.807, 2.05) is 6.07 Å². The first-order valence-electron chi connectivity index (χ1n) is 8.65. The first-order chi connectivity index (χ1) is 10.1. The second-order valence-electron chi connectivity index (χ2n) is 7.14. The SMILES string of the molecule is CCC[C@H]1C2Cc3ccc(O)cc3[C@]1(CCC)CCN2C. The Balaban J connectivity index is 2.14. The molecule has 1 aromatic carbocycles. The van der Waals surface area contributed by atoms with E-state index in [1.54, 1.807) is 0 Å². The molecular weight excluding hydrogens is 258 g/mol. The average molecular weight is 287 g/mol. The van der Waals surface area contributed by atoms with Gasteiger partial charge in [-0.1, -0.05) is 32.8 Å². The van der Waals surface area contributed by atoms with E-state index >= 15 is 0 Å².